The predicted molar refractivity (Wildman–Crippen MR) is 85.8 cm³/mol. The molecule has 8 heteroatoms. The Balaban J connectivity index is 1.59. The molecule has 0 atom stereocenters. The number of hydrogen-bond acceptors (Lipinski definition) is 7. The summed E-state index contributed by atoms with van der Waals surface area (Å²) < 4.78 is 12.4. The van der Waals surface area contributed by atoms with Crippen LogP contribution in [-0.4, -0.2) is 38.6 Å². The summed E-state index contributed by atoms with van der Waals surface area (Å²) in [5.41, 5.74) is 0.940. The number of aromatic nitrogens is 5. The van der Waals surface area contributed by atoms with Gasteiger partial charge >= 0.3 is 0 Å². The Morgan fingerprint density at radius 3 is 2.96 bits per heavy atom. The molecule has 1 aromatic carbocycles. The highest BCUT2D eigenvalue weighted by Crippen LogP contribution is 2.22. The summed E-state index contributed by atoms with van der Waals surface area (Å²) in [4.78, 5) is 4.41. The Bertz CT molecular complexity index is 728. The second-order valence-electron chi connectivity index (χ2n) is 4.82. The summed E-state index contributed by atoms with van der Waals surface area (Å²) in [6.45, 7) is 1.54. The lowest BCUT2D eigenvalue weighted by molar-refractivity contribution is 0.189. The monoisotopic (exact) mass is 331 g/mol. The zero-order chi connectivity index (χ0) is 15.9. The fraction of sp³-hybridized carbons (Fsp3) is 0.333. The second-order valence-corrected chi connectivity index (χ2v) is 5.76. The standard InChI is InChI=1S/C15H17N5O2S/c1-21-9-5-8-20-11-16-18-15(20)23-10-13-17-14(19-22-13)12-6-3-2-4-7-12/h2-4,6-7,11H,5,8-10H2,1H3. The van der Waals surface area contributed by atoms with E-state index in [2.05, 4.69) is 20.3 Å². The Kier molecular flexibility index (Phi) is 5.38. The maximum Gasteiger partial charge on any atom is 0.237 e. The molecule has 0 saturated heterocycles. The third-order valence-electron chi connectivity index (χ3n) is 3.15. The minimum Gasteiger partial charge on any atom is -0.385 e. The number of hydrogen-bond donors (Lipinski definition) is 0. The van der Waals surface area contributed by atoms with Crippen molar-refractivity contribution in [2.45, 2.75) is 23.9 Å². The van der Waals surface area contributed by atoms with Crippen molar-refractivity contribution in [1.29, 1.82) is 0 Å². The van der Waals surface area contributed by atoms with Crippen LogP contribution in [0.3, 0.4) is 0 Å². The van der Waals surface area contributed by atoms with Crippen molar-refractivity contribution in [2.24, 2.45) is 0 Å². The van der Waals surface area contributed by atoms with Crippen LogP contribution >= 0.6 is 11.8 Å². The van der Waals surface area contributed by atoms with Gasteiger partial charge in [-0.2, -0.15) is 4.98 Å². The largest absolute Gasteiger partial charge is 0.385 e. The maximum absolute atomic E-state index is 5.30. The van der Waals surface area contributed by atoms with Gasteiger partial charge in [-0.15, -0.1) is 10.2 Å². The van der Waals surface area contributed by atoms with Crippen molar-refractivity contribution in [3.05, 3.63) is 42.5 Å². The van der Waals surface area contributed by atoms with E-state index in [9.17, 15) is 0 Å². The van der Waals surface area contributed by atoms with E-state index in [1.165, 1.54) is 11.8 Å². The van der Waals surface area contributed by atoms with Crippen LogP contribution in [0.15, 0.2) is 46.3 Å². The molecule has 0 radical (unpaired) electrons. The summed E-state index contributed by atoms with van der Waals surface area (Å²) in [5, 5.41) is 12.9. The molecule has 0 aliphatic carbocycles. The number of ether oxygens (including phenoxy) is 1. The summed E-state index contributed by atoms with van der Waals surface area (Å²) >= 11 is 1.53. The minimum atomic E-state index is 0.558. The van der Waals surface area contributed by atoms with E-state index < -0.39 is 0 Å². The number of aryl methyl sites for hydroxylation is 1. The lowest BCUT2D eigenvalue weighted by atomic mass is 10.2. The fourth-order valence-corrected chi connectivity index (χ4v) is 2.81. The number of methoxy groups -OCH3 is 1. The third kappa shape index (κ3) is 4.17. The smallest absolute Gasteiger partial charge is 0.237 e. The van der Waals surface area contributed by atoms with Gasteiger partial charge in [-0.05, 0) is 6.42 Å². The van der Waals surface area contributed by atoms with E-state index in [0.29, 0.717) is 24.1 Å². The highest BCUT2D eigenvalue weighted by molar-refractivity contribution is 7.98. The lowest BCUT2D eigenvalue weighted by Crippen LogP contribution is -2.02. The topological polar surface area (TPSA) is 78.9 Å². The van der Waals surface area contributed by atoms with Crippen LogP contribution in [0.4, 0.5) is 0 Å². The molecule has 2 aromatic heterocycles. The molecule has 0 aliphatic rings. The number of nitrogens with zero attached hydrogens (tertiary/aromatic N) is 5. The fourth-order valence-electron chi connectivity index (χ4n) is 2.03. The van der Waals surface area contributed by atoms with Gasteiger partial charge in [0, 0.05) is 25.8 Å². The van der Waals surface area contributed by atoms with Crippen molar-refractivity contribution in [3.8, 4) is 11.4 Å². The van der Waals surface area contributed by atoms with Crippen molar-refractivity contribution in [2.75, 3.05) is 13.7 Å². The van der Waals surface area contributed by atoms with Crippen LogP contribution in [0, 0.1) is 0 Å². The van der Waals surface area contributed by atoms with Crippen molar-refractivity contribution >= 4 is 11.8 Å². The number of thioether (sulfide) groups is 1. The molecule has 0 spiro atoms. The molecule has 0 bridgehead atoms. The highest BCUT2D eigenvalue weighted by Gasteiger charge is 2.11. The van der Waals surface area contributed by atoms with E-state index in [4.69, 9.17) is 9.26 Å². The van der Waals surface area contributed by atoms with Gasteiger partial charge in [-0.1, -0.05) is 47.3 Å². The molecule has 0 unspecified atom stereocenters. The van der Waals surface area contributed by atoms with E-state index in [0.717, 1.165) is 23.7 Å². The first-order valence-electron chi connectivity index (χ1n) is 7.24. The van der Waals surface area contributed by atoms with Gasteiger partial charge < -0.3 is 13.8 Å². The maximum atomic E-state index is 5.30. The Morgan fingerprint density at radius 1 is 1.26 bits per heavy atom. The van der Waals surface area contributed by atoms with Crippen molar-refractivity contribution < 1.29 is 9.26 Å². The van der Waals surface area contributed by atoms with Crippen LogP contribution in [0.2, 0.25) is 0 Å². The first-order chi connectivity index (χ1) is 11.4. The molecular formula is C15H17N5O2S. The third-order valence-corrected chi connectivity index (χ3v) is 4.12. The molecule has 0 fully saturated rings. The van der Waals surface area contributed by atoms with Crippen LogP contribution in [0.25, 0.3) is 11.4 Å². The Labute approximate surface area is 138 Å². The summed E-state index contributed by atoms with van der Waals surface area (Å²) in [6, 6.07) is 9.75. The number of benzene rings is 1. The molecule has 2 heterocycles. The minimum absolute atomic E-state index is 0.558. The van der Waals surface area contributed by atoms with Gasteiger partial charge in [0.05, 0.1) is 5.75 Å². The molecule has 0 saturated carbocycles. The van der Waals surface area contributed by atoms with Gasteiger partial charge in [-0.25, -0.2) is 0 Å². The molecule has 0 N–H and O–H groups in total. The highest BCUT2D eigenvalue weighted by atomic mass is 32.2. The first-order valence-corrected chi connectivity index (χ1v) is 8.23. The molecular weight excluding hydrogens is 314 g/mol. The molecule has 120 valence electrons. The summed E-state index contributed by atoms with van der Waals surface area (Å²) in [6.07, 6.45) is 2.64. The Morgan fingerprint density at radius 2 is 2.13 bits per heavy atom. The normalized spacial score (nSPS) is 11.0. The average molecular weight is 331 g/mol. The van der Waals surface area contributed by atoms with Crippen molar-refractivity contribution in [1.82, 2.24) is 24.9 Å². The van der Waals surface area contributed by atoms with Crippen molar-refractivity contribution in [3.63, 3.8) is 0 Å². The van der Waals surface area contributed by atoms with Crippen LogP contribution in [-0.2, 0) is 17.0 Å². The van der Waals surface area contributed by atoms with E-state index in [1.807, 2.05) is 34.9 Å². The summed E-state index contributed by atoms with van der Waals surface area (Å²) in [5.74, 6) is 1.73. The molecule has 0 aliphatic heterocycles. The molecule has 0 amide bonds. The van der Waals surface area contributed by atoms with Gasteiger partial charge in [0.15, 0.2) is 5.16 Å². The van der Waals surface area contributed by atoms with E-state index in [-0.39, 0.29) is 0 Å². The Hall–Kier alpha value is -2.19. The average Bonchev–Trinajstić information content (AvgIpc) is 3.23. The van der Waals surface area contributed by atoms with Gasteiger partial charge in [0.2, 0.25) is 11.7 Å². The molecule has 3 rings (SSSR count). The van der Waals surface area contributed by atoms with Crippen LogP contribution in [0.1, 0.15) is 12.3 Å². The lowest BCUT2D eigenvalue weighted by Gasteiger charge is -2.04. The molecule has 7 nitrogen and oxygen atoms in total. The van der Waals surface area contributed by atoms with Gasteiger partial charge in [-0.3, -0.25) is 0 Å². The van der Waals surface area contributed by atoms with Gasteiger partial charge in [0.25, 0.3) is 0 Å². The van der Waals surface area contributed by atoms with Crippen LogP contribution in [0.5, 0.6) is 0 Å². The first kappa shape index (κ1) is 15.7. The predicted octanol–water partition coefficient (Wildman–Crippen LogP) is 2.66. The van der Waals surface area contributed by atoms with E-state index in [1.54, 1.807) is 13.4 Å². The van der Waals surface area contributed by atoms with Crippen LogP contribution < -0.4 is 0 Å². The van der Waals surface area contributed by atoms with E-state index >= 15 is 0 Å². The van der Waals surface area contributed by atoms with Gasteiger partial charge in [0.1, 0.15) is 6.33 Å². The zero-order valence-corrected chi connectivity index (χ0v) is 13.6. The SMILES string of the molecule is COCCCn1cnnc1SCc1nc(-c2ccccc2)no1. The quantitative estimate of drug-likeness (QED) is 0.464. The summed E-state index contributed by atoms with van der Waals surface area (Å²) in [7, 11) is 1.70. The number of rotatable bonds is 8. The molecule has 3 aromatic rings. The molecule has 23 heavy (non-hydrogen) atoms. The second kappa shape index (κ2) is 7.89. The zero-order valence-electron chi connectivity index (χ0n) is 12.8.